The summed E-state index contributed by atoms with van der Waals surface area (Å²) in [7, 11) is -1.82. The predicted octanol–water partition coefficient (Wildman–Crippen LogP) is 1.91. The zero-order valence-corrected chi connectivity index (χ0v) is 14.0. The van der Waals surface area contributed by atoms with Gasteiger partial charge in [0, 0.05) is 18.2 Å². The van der Waals surface area contributed by atoms with Gasteiger partial charge < -0.3 is 10.1 Å². The molecule has 0 spiro atoms. The topological polar surface area (TPSA) is 67.4 Å². The Morgan fingerprint density at radius 2 is 2.19 bits per heavy atom. The first-order valence-corrected chi connectivity index (χ1v) is 8.73. The van der Waals surface area contributed by atoms with Crippen molar-refractivity contribution in [3.05, 3.63) is 28.8 Å². The van der Waals surface area contributed by atoms with Crippen molar-refractivity contribution in [2.45, 2.75) is 43.4 Å². The monoisotopic (exact) mass is 332 g/mol. The van der Waals surface area contributed by atoms with E-state index in [2.05, 4.69) is 10.0 Å². The van der Waals surface area contributed by atoms with E-state index in [1.54, 1.807) is 19.2 Å². The standard InChI is InChI=1S/C14H21ClN2O3S/c1-10-14(2,6-7-20-10)17-21(18,19)12-4-5-13(15)11(8-12)9-16-3/h4-5,8,10,16-17H,6-7,9H2,1-3H3. The number of halogens is 1. The van der Waals surface area contributed by atoms with E-state index in [4.69, 9.17) is 16.3 Å². The molecule has 0 saturated carbocycles. The molecule has 1 aliphatic heterocycles. The number of hydrogen-bond acceptors (Lipinski definition) is 4. The molecule has 2 atom stereocenters. The summed E-state index contributed by atoms with van der Waals surface area (Å²) in [5.41, 5.74) is 0.171. The van der Waals surface area contributed by atoms with Gasteiger partial charge in [-0.15, -0.1) is 0 Å². The van der Waals surface area contributed by atoms with Crippen molar-refractivity contribution in [2.75, 3.05) is 13.7 Å². The lowest BCUT2D eigenvalue weighted by Crippen LogP contribution is -2.50. The van der Waals surface area contributed by atoms with Crippen LogP contribution in [0.4, 0.5) is 0 Å². The molecule has 2 N–H and O–H groups in total. The Hall–Kier alpha value is -0.660. The van der Waals surface area contributed by atoms with Gasteiger partial charge in [0.1, 0.15) is 0 Å². The molecule has 2 rings (SSSR count). The van der Waals surface area contributed by atoms with Gasteiger partial charge >= 0.3 is 0 Å². The average molecular weight is 333 g/mol. The third-order valence-corrected chi connectivity index (χ3v) is 5.93. The molecule has 1 aromatic rings. The molecule has 21 heavy (non-hydrogen) atoms. The molecule has 1 fully saturated rings. The minimum atomic E-state index is -3.61. The van der Waals surface area contributed by atoms with Crippen LogP contribution in [0.15, 0.2) is 23.1 Å². The first-order valence-electron chi connectivity index (χ1n) is 6.87. The molecule has 1 aromatic carbocycles. The van der Waals surface area contributed by atoms with Gasteiger partial charge in [0.25, 0.3) is 0 Å². The highest BCUT2D eigenvalue weighted by atomic mass is 35.5. The van der Waals surface area contributed by atoms with Gasteiger partial charge in [-0.2, -0.15) is 0 Å². The highest BCUT2D eigenvalue weighted by molar-refractivity contribution is 7.89. The van der Waals surface area contributed by atoms with Crippen LogP contribution >= 0.6 is 11.6 Å². The molecule has 1 saturated heterocycles. The van der Waals surface area contributed by atoms with Crippen LogP contribution < -0.4 is 10.0 Å². The number of nitrogens with one attached hydrogen (secondary N) is 2. The molecule has 2 unspecified atom stereocenters. The third-order valence-electron chi connectivity index (χ3n) is 3.95. The Kier molecular flexibility index (Phi) is 4.95. The quantitative estimate of drug-likeness (QED) is 0.864. The van der Waals surface area contributed by atoms with Gasteiger partial charge in [0.05, 0.1) is 16.5 Å². The lowest BCUT2D eigenvalue weighted by Gasteiger charge is -2.28. The Bertz CT molecular complexity index is 621. The van der Waals surface area contributed by atoms with E-state index in [0.717, 1.165) is 5.56 Å². The molecule has 0 amide bonds. The number of sulfonamides is 1. The molecule has 0 aliphatic carbocycles. The Balaban J connectivity index is 2.29. The number of benzene rings is 1. The first kappa shape index (κ1) is 16.7. The highest BCUT2D eigenvalue weighted by Gasteiger charge is 2.40. The van der Waals surface area contributed by atoms with Crippen LogP contribution in [0.1, 0.15) is 25.8 Å². The van der Waals surface area contributed by atoms with Gasteiger partial charge in [-0.05, 0) is 51.1 Å². The van der Waals surface area contributed by atoms with E-state index in [-0.39, 0.29) is 11.0 Å². The van der Waals surface area contributed by atoms with Crippen molar-refractivity contribution < 1.29 is 13.2 Å². The lowest BCUT2D eigenvalue weighted by molar-refractivity contribution is 0.0957. The first-order chi connectivity index (χ1) is 9.78. The zero-order valence-electron chi connectivity index (χ0n) is 12.4. The van der Waals surface area contributed by atoms with Crippen LogP contribution in [-0.2, 0) is 21.3 Å². The van der Waals surface area contributed by atoms with Gasteiger partial charge in [-0.25, -0.2) is 13.1 Å². The summed E-state index contributed by atoms with van der Waals surface area (Å²) in [4.78, 5) is 0.220. The molecule has 5 nitrogen and oxygen atoms in total. The van der Waals surface area contributed by atoms with Crippen molar-refractivity contribution in [1.82, 2.24) is 10.0 Å². The van der Waals surface area contributed by atoms with Crippen molar-refractivity contribution in [3.8, 4) is 0 Å². The second-order valence-corrected chi connectivity index (χ2v) is 7.66. The van der Waals surface area contributed by atoms with Crippen LogP contribution in [0.25, 0.3) is 0 Å². The van der Waals surface area contributed by atoms with E-state index in [1.807, 2.05) is 13.8 Å². The maximum absolute atomic E-state index is 12.6. The third kappa shape index (κ3) is 3.57. The molecule has 0 aromatic heterocycles. The molecule has 0 radical (unpaired) electrons. The van der Waals surface area contributed by atoms with E-state index < -0.39 is 15.6 Å². The molecule has 0 bridgehead atoms. The van der Waals surface area contributed by atoms with Gasteiger partial charge in [0.2, 0.25) is 10.0 Å². The van der Waals surface area contributed by atoms with Crippen molar-refractivity contribution in [2.24, 2.45) is 0 Å². The lowest BCUT2D eigenvalue weighted by atomic mass is 9.97. The fourth-order valence-electron chi connectivity index (χ4n) is 2.38. The summed E-state index contributed by atoms with van der Waals surface area (Å²) in [5.74, 6) is 0. The molecular weight excluding hydrogens is 312 g/mol. The fraction of sp³-hybridized carbons (Fsp3) is 0.571. The minimum Gasteiger partial charge on any atom is -0.376 e. The second-order valence-electron chi connectivity index (χ2n) is 5.57. The summed E-state index contributed by atoms with van der Waals surface area (Å²) in [6.07, 6.45) is 0.501. The van der Waals surface area contributed by atoms with Gasteiger partial charge in [0.15, 0.2) is 0 Å². The van der Waals surface area contributed by atoms with Crippen molar-refractivity contribution >= 4 is 21.6 Å². The normalized spacial score (nSPS) is 26.2. The van der Waals surface area contributed by atoms with Crippen LogP contribution in [0.3, 0.4) is 0 Å². The Labute approximate surface area is 131 Å². The summed E-state index contributed by atoms with van der Waals surface area (Å²) in [6.45, 7) is 4.82. The summed E-state index contributed by atoms with van der Waals surface area (Å²) >= 11 is 6.07. The maximum Gasteiger partial charge on any atom is 0.241 e. The molecule has 118 valence electrons. The van der Waals surface area contributed by atoms with E-state index in [0.29, 0.717) is 24.6 Å². The Morgan fingerprint density at radius 3 is 2.76 bits per heavy atom. The smallest absolute Gasteiger partial charge is 0.241 e. The van der Waals surface area contributed by atoms with Crippen molar-refractivity contribution in [3.63, 3.8) is 0 Å². The van der Waals surface area contributed by atoms with Crippen LogP contribution in [0.2, 0.25) is 5.02 Å². The maximum atomic E-state index is 12.6. The second kappa shape index (κ2) is 6.22. The predicted molar refractivity (Wildman–Crippen MR) is 83.0 cm³/mol. The number of hydrogen-bond donors (Lipinski definition) is 2. The fourth-order valence-corrected chi connectivity index (χ4v) is 4.11. The summed E-state index contributed by atoms with van der Waals surface area (Å²) in [6, 6.07) is 4.73. The summed E-state index contributed by atoms with van der Waals surface area (Å²) in [5, 5.41) is 3.52. The van der Waals surface area contributed by atoms with Crippen LogP contribution in [-0.4, -0.2) is 33.7 Å². The van der Waals surface area contributed by atoms with Gasteiger partial charge in [-0.1, -0.05) is 11.6 Å². The average Bonchev–Trinajstić information content (AvgIpc) is 2.71. The number of rotatable bonds is 5. The van der Waals surface area contributed by atoms with E-state index in [1.165, 1.54) is 6.07 Å². The van der Waals surface area contributed by atoms with Gasteiger partial charge in [-0.3, -0.25) is 0 Å². The minimum absolute atomic E-state index is 0.156. The Morgan fingerprint density at radius 1 is 1.48 bits per heavy atom. The SMILES string of the molecule is CNCc1cc(S(=O)(=O)NC2(C)CCOC2C)ccc1Cl. The van der Waals surface area contributed by atoms with E-state index >= 15 is 0 Å². The molecular formula is C14H21ClN2O3S. The van der Waals surface area contributed by atoms with Crippen LogP contribution in [0, 0.1) is 0 Å². The van der Waals surface area contributed by atoms with Crippen molar-refractivity contribution in [1.29, 1.82) is 0 Å². The largest absolute Gasteiger partial charge is 0.376 e. The highest BCUT2D eigenvalue weighted by Crippen LogP contribution is 2.28. The molecule has 7 heteroatoms. The zero-order chi connectivity index (χ0) is 15.7. The molecule has 1 aliphatic rings. The molecule has 1 heterocycles. The van der Waals surface area contributed by atoms with E-state index in [9.17, 15) is 8.42 Å². The number of ether oxygens (including phenoxy) is 1. The summed E-state index contributed by atoms with van der Waals surface area (Å²) < 4.78 is 33.4. The van der Waals surface area contributed by atoms with Crippen LogP contribution in [0.5, 0.6) is 0 Å².